The Morgan fingerprint density at radius 3 is 3.00 bits per heavy atom. The van der Waals surface area contributed by atoms with Gasteiger partial charge in [0.1, 0.15) is 0 Å². The molecular weight excluding hydrogens is 212 g/mol. The maximum atomic E-state index is 5.32. The molecule has 1 aromatic rings. The number of hydrogen-bond acceptors (Lipinski definition) is 3. The first kappa shape index (κ1) is 12.2. The Bertz CT molecular complexity index is 357. The third-order valence-corrected chi connectivity index (χ3v) is 3.41. The highest BCUT2D eigenvalue weighted by Gasteiger charge is 2.20. The fraction of sp³-hybridized carbons (Fsp3) is 0.615. The van der Waals surface area contributed by atoms with Crippen molar-refractivity contribution in [3.63, 3.8) is 0 Å². The molecule has 1 atom stereocenters. The predicted octanol–water partition coefficient (Wildman–Crippen LogP) is 1.16. The minimum Gasteiger partial charge on any atom is -0.307 e. The van der Waals surface area contributed by atoms with Gasteiger partial charge in [-0.05, 0) is 19.8 Å². The Labute approximate surface area is 103 Å². The van der Waals surface area contributed by atoms with Crippen molar-refractivity contribution in [1.29, 1.82) is 0 Å². The second-order valence-electron chi connectivity index (χ2n) is 4.67. The Balaban J connectivity index is 1.77. The van der Waals surface area contributed by atoms with Gasteiger partial charge in [-0.15, -0.1) is 6.42 Å². The zero-order valence-electron chi connectivity index (χ0n) is 10.3. The molecule has 1 aliphatic rings. The van der Waals surface area contributed by atoms with Crippen LogP contribution in [0.15, 0.2) is 12.4 Å². The monoisotopic (exact) mass is 232 g/mol. The Morgan fingerprint density at radius 2 is 2.41 bits per heavy atom. The van der Waals surface area contributed by atoms with Crippen LogP contribution in [-0.4, -0.2) is 40.8 Å². The highest BCUT2D eigenvalue weighted by atomic mass is 15.1. The number of aromatic nitrogens is 2. The molecule has 1 aliphatic heterocycles. The Morgan fingerprint density at radius 1 is 1.65 bits per heavy atom. The lowest BCUT2D eigenvalue weighted by atomic mass is 10.0. The second-order valence-corrected chi connectivity index (χ2v) is 4.67. The van der Waals surface area contributed by atoms with Crippen molar-refractivity contribution in [2.75, 3.05) is 19.6 Å². The van der Waals surface area contributed by atoms with Crippen molar-refractivity contribution in [2.45, 2.75) is 31.8 Å². The summed E-state index contributed by atoms with van der Waals surface area (Å²) in [6, 6.07) is 0.951. The molecule has 0 radical (unpaired) electrons. The van der Waals surface area contributed by atoms with E-state index in [1.54, 1.807) is 0 Å². The fourth-order valence-corrected chi connectivity index (χ4v) is 2.33. The Hall–Kier alpha value is -1.31. The maximum Gasteiger partial charge on any atom is 0.0598 e. The fourth-order valence-electron chi connectivity index (χ4n) is 2.33. The third-order valence-electron chi connectivity index (χ3n) is 3.41. The molecule has 1 saturated heterocycles. The van der Waals surface area contributed by atoms with E-state index in [1.807, 2.05) is 12.4 Å². The van der Waals surface area contributed by atoms with Gasteiger partial charge >= 0.3 is 0 Å². The molecule has 4 nitrogen and oxygen atoms in total. The van der Waals surface area contributed by atoms with E-state index in [-0.39, 0.29) is 0 Å². The van der Waals surface area contributed by atoms with Crippen molar-refractivity contribution in [3.05, 3.63) is 18.0 Å². The van der Waals surface area contributed by atoms with Crippen molar-refractivity contribution >= 4 is 0 Å². The number of rotatable bonds is 4. The molecule has 0 bridgehead atoms. The summed E-state index contributed by atoms with van der Waals surface area (Å²) < 4.78 is 0. The highest BCUT2D eigenvalue weighted by Crippen LogP contribution is 2.16. The van der Waals surface area contributed by atoms with Crippen LogP contribution >= 0.6 is 0 Å². The summed E-state index contributed by atoms with van der Waals surface area (Å²) in [6.07, 6.45) is 11.5. The van der Waals surface area contributed by atoms with Crippen LogP contribution < -0.4 is 5.32 Å². The van der Waals surface area contributed by atoms with Gasteiger partial charge in [-0.25, -0.2) is 0 Å². The largest absolute Gasteiger partial charge is 0.307 e. The van der Waals surface area contributed by atoms with Gasteiger partial charge in [0.25, 0.3) is 0 Å². The van der Waals surface area contributed by atoms with Gasteiger partial charge in [-0.2, -0.15) is 5.10 Å². The second kappa shape index (κ2) is 5.85. The van der Waals surface area contributed by atoms with Crippen LogP contribution in [0.3, 0.4) is 0 Å². The first-order chi connectivity index (χ1) is 8.29. The van der Waals surface area contributed by atoms with E-state index in [0.29, 0.717) is 12.1 Å². The molecule has 0 spiro atoms. The first-order valence-electron chi connectivity index (χ1n) is 6.20. The lowest BCUT2D eigenvalue weighted by Gasteiger charge is -2.32. The molecule has 0 aromatic carbocycles. The van der Waals surface area contributed by atoms with Gasteiger partial charge in [0.2, 0.25) is 0 Å². The summed E-state index contributed by atoms with van der Waals surface area (Å²) in [5.41, 5.74) is 1.22. The molecular formula is C13H20N4. The maximum absolute atomic E-state index is 5.32. The summed E-state index contributed by atoms with van der Waals surface area (Å²) >= 11 is 0. The molecule has 2 heterocycles. The predicted molar refractivity (Wildman–Crippen MR) is 68.4 cm³/mol. The van der Waals surface area contributed by atoms with E-state index in [0.717, 1.165) is 19.6 Å². The van der Waals surface area contributed by atoms with Crippen LogP contribution in [0.25, 0.3) is 0 Å². The van der Waals surface area contributed by atoms with Crippen molar-refractivity contribution in [1.82, 2.24) is 20.4 Å². The molecule has 4 heteroatoms. The molecule has 0 amide bonds. The standard InChI is InChI=1S/C13H20N4/c1-3-6-17-7-4-13(5-8-17)16-11(2)12-9-14-15-10-12/h1,9-11,13,16H,4-8H2,2H3,(H,14,15). The van der Waals surface area contributed by atoms with Gasteiger partial charge in [0.15, 0.2) is 0 Å². The van der Waals surface area contributed by atoms with Crippen LogP contribution in [0, 0.1) is 12.3 Å². The van der Waals surface area contributed by atoms with Crippen LogP contribution in [0.1, 0.15) is 31.4 Å². The van der Waals surface area contributed by atoms with E-state index < -0.39 is 0 Å². The van der Waals surface area contributed by atoms with Crippen molar-refractivity contribution in [3.8, 4) is 12.3 Å². The summed E-state index contributed by atoms with van der Waals surface area (Å²) in [5, 5.41) is 10.5. The molecule has 2 N–H and O–H groups in total. The van der Waals surface area contributed by atoms with Crippen LogP contribution in [0.5, 0.6) is 0 Å². The molecule has 0 saturated carbocycles. The minimum atomic E-state index is 0.359. The van der Waals surface area contributed by atoms with Crippen LogP contribution in [0.4, 0.5) is 0 Å². The molecule has 1 unspecified atom stereocenters. The average molecular weight is 232 g/mol. The summed E-state index contributed by atoms with van der Waals surface area (Å²) in [6.45, 7) is 5.16. The van der Waals surface area contributed by atoms with Gasteiger partial charge < -0.3 is 5.32 Å². The van der Waals surface area contributed by atoms with Crippen molar-refractivity contribution in [2.24, 2.45) is 0 Å². The highest BCUT2D eigenvalue weighted by molar-refractivity contribution is 5.08. The minimum absolute atomic E-state index is 0.359. The van der Waals surface area contributed by atoms with Crippen LogP contribution in [0.2, 0.25) is 0 Å². The van der Waals surface area contributed by atoms with E-state index in [1.165, 1.54) is 18.4 Å². The molecule has 0 aliphatic carbocycles. The van der Waals surface area contributed by atoms with Gasteiger partial charge in [0.05, 0.1) is 12.7 Å². The molecule has 1 aromatic heterocycles. The van der Waals surface area contributed by atoms with Gasteiger partial charge in [-0.3, -0.25) is 10.00 Å². The third kappa shape index (κ3) is 3.32. The number of hydrogen-bond donors (Lipinski definition) is 2. The zero-order valence-corrected chi connectivity index (χ0v) is 10.3. The van der Waals surface area contributed by atoms with E-state index in [9.17, 15) is 0 Å². The number of likely N-dealkylation sites (tertiary alicyclic amines) is 1. The van der Waals surface area contributed by atoms with E-state index in [4.69, 9.17) is 6.42 Å². The quantitative estimate of drug-likeness (QED) is 0.766. The summed E-state index contributed by atoms with van der Waals surface area (Å²) in [5.74, 6) is 2.71. The van der Waals surface area contributed by atoms with Gasteiger partial charge in [-0.1, -0.05) is 5.92 Å². The molecule has 17 heavy (non-hydrogen) atoms. The molecule has 2 rings (SSSR count). The molecule has 1 fully saturated rings. The SMILES string of the molecule is C#CCN1CCC(NC(C)c2cn[nH]c2)CC1. The number of nitrogens with zero attached hydrogens (tertiary/aromatic N) is 2. The number of nitrogens with one attached hydrogen (secondary N) is 2. The van der Waals surface area contributed by atoms with Crippen LogP contribution in [-0.2, 0) is 0 Å². The number of aromatic amines is 1. The summed E-state index contributed by atoms with van der Waals surface area (Å²) in [4.78, 5) is 2.33. The zero-order chi connectivity index (χ0) is 12.1. The average Bonchev–Trinajstić information content (AvgIpc) is 2.86. The van der Waals surface area contributed by atoms with Gasteiger partial charge in [0, 0.05) is 36.9 Å². The van der Waals surface area contributed by atoms with E-state index >= 15 is 0 Å². The van der Waals surface area contributed by atoms with Crippen molar-refractivity contribution < 1.29 is 0 Å². The number of H-pyrrole nitrogens is 1. The lowest BCUT2D eigenvalue weighted by molar-refractivity contribution is 0.211. The first-order valence-corrected chi connectivity index (χ1v) is 6.20. The number of terminal acetylenes is 1. The number of piperidine rings is 1. The smallest absolute Gasteiger partial charge is 0.0598 e. The molecule has 92 valence electrons. The Kier molecular flexibility index (Phi) is 4.18. The topological polar surface area (TPSA) is 44.0 Å². The normalized spacial score (nSPS) is 20.0. The lowest BCUT2D eigenvalue weighted by Crippen LogP contribution is -2.43. The van der Waals surface area contributed by atoms with E-state index in [2.05, 4.69) is 33.3 Å². The summed E-state index contributed by atoms with van der Waals surface area (Å²) in [7, 11) is 0.